The van der Waals surface area contributed by atoms with E-state index < -0.39 is 16.9 Å². The zero-order chi connectivity index (χ0) is 15.3. The van der Waals surface area contributed by atoms with Crippen LogP contribution in [0.1, 0.15) is 13.8 Å². The third kappa shape index (κ3) is 4.48. The Morgan fingerprint density at radius 2 is 1.80 bits per heavy atom. The SMILES string of the molecule is COc1ccc(S(=N)(=N)N=C(C)/C=C(\C)B(O)O)cc1. The Morgan fingerprint density at radius 1 is 1.25 bits per heavy atom. The Hall–Kier alpha value is -1.64. The first-order chi connectivity index (χ1) is 9.26. The first-order valence-corrected chi connectivity index (χ1v) is 7.42. The number of allylic oxidation sites excluding steroid dienone is 2. The second kappa shape index (κ2) is 6.69. The molecule has 0 amide bonds. The van der Waals surface area contributed by atoms with Gasteiger partial charge in [-0.2, -0.15) is 4.40 Å². The molecule has 0 radical (unpaired) electrons. The average Bonchev–Trinajstić information content (AvgIpc) is 2.37. The van der Waals surface area contributed by atoms with E-state index in [1.807, 2.05) is 0 Å². The van der Waals surface area contributed by atoms with Gasteiger partial charge in [-0.3, -0.25) is 0 Å². The molecular formula is C12H18BN3O3S. The lowest BCUT2D eigenvalue weighted by atomic mass is 9.80. The fourth-order valence-electron chi connectivity index (χ4n) is 1.47. The lowest BCUT2D eigenvalue weighted by molar-refractivity contribution is 0.414. The molecule has 0 unspecified atom stereocenters. The van der Waals surface area contributed by atoms with Gasteiger partial charge in [0.25, 0.3) is 0 Å². The molecule has 0 saturated carbocycles. The summed E-state index contributed by atoms with van der Waals surface area (Å²) in [5.41, 5.74) is 0.725. The van der Waals surface area contributed by atoms with Crippen molar-refractivity contribution in [2.45, 2.75) is 18.7 Å². The van der Waals surface area contributed by atoms with Crippen LogP contribution in [-0.2, 0) is 9.81 Å². The highest BCUT2D eigenvalue weighted by Gasteiger charge is 2.10. The molecule has 0 aliphatic carbocycles. The molecule has 1 rings (SSSR count). The normalized spacial score (nSPS) is 13.2. The molecule has 0 atom stereocenters. The van der Waals surface area contributed by atoms with Crippen molar-refractivity contribution in [1.29, 1.82) is 9.56 Å². The zero-order valence-electron chi connectivity index (χ0n) is 11.6. The second-order valence-corrected chi connectivity index (χ2v) is 6.06. The van der Waals surface area contributed by atoms with E-state index in [9.17, 15) is 0 Å². The lowest BCUT2D eigenvalue weighted by Gasteiger charge is -2.08. The molecule has 0 aliphatic heterocycles. The molecular weight excluding hydrogens is 277 g/mol. The van der Waals surface area contributed by atoms with Crippen LogP contribution in [0.5, 0.6) is 5.75 Å². The summed E-state index contributed by atoms with van der Waals surface area (Å²) >= 11 is 0. The molecule has 0 aliphatic rings. The maximum Gasteiger partial charge on any atom is 0.483 e. The number of ether oxygens (including phenoxy) is 1. The van der Waals surface area contributed by atoms with Crippen molar-refractivity contribution in [3.63, 3.8) is 0 Å². The van der Waals surface area contributed by atoms with Gasteiger partial charge in [-0.05, 0) is 49.7 Å². The van der Waals surface area contributed by atoms with E-state index >= 15 is 0 Å². The van der Waals surface area contributed by atoms with Crippen molar-refractivity contribution in [2.75, 3.05) is 7.11 Å². The van der Waals surface area contributed by atoms with Gasteiger partial charge in [0, 0.05) is 10.6 Å². The molecule has 0 saturated heterocycles. The Kier molecular flexibility index (Phi) is 5.49. The Balaban J connectivity index is 3.07. The minimum atomic E-state index is -2.83. The van der Waals surface area contributed by atoms with E-state index in [0.717, 1.165) is 0 Å². The Labute approximate surface area is 119 Å². The first-order valence-electron chi connectivity index (χ1n) is 5.83. The summed E-state index contributed by atoms with van der Waals surface area (Å²) in [6.45, 7) is 3.17. The van der Waals surface area contributed by atoms with Crippen molar-refractivity contribution >= 4 is 22.6 Å². The third-order valence-corrected chi connectivity index (χ3v) is 4.04. The zero-order valence-corrected chi connectivity index (χ0v) is 12.4. The van der Waals surface area contributed by atoms with Crippen molar-refractivity contribution in [3.8, 4) is 5.75 Å². The predicted octanol–water partition coefficient (Wildman–Crippen LogP) is 2.07. The Morgan fingerprint density at radius 3 is 2.25 bits per heavy atom. The van der Waals surface area contributed by atoms with Crippen molar-refractivity contribution in [2.24, 2.45) is 4.40 Å². The molecule has 6 nitrogen and oxygen atoms in total. The van der Waals surface area contributed by atoms with Crippen LogP contribution >= 0.6 is 0 Å². The fourth-order valence-corrected chi connectivity index (χ4v) is 2.59. The van der Waals surface area contributed by atoms with Crippen LogP contribution in [0.2, 0.25) is 0 Å². The average molecular weight is 295 g/mol. The summed E-state index contributed by atoms with van der Waals surface area (Å²) in [6, 6.07) is 6.65. The molecule has 8 heteroatoms. The molecule has 0 bridgehead atoms. The number of rotatable bonds is 5. The van der Waals surface area contributed by atoms with Gasteiger partial charge in [0.2, 0.25) is 0 Å². The van der Waals surface area contributed by atoms with E-state index in [4.69, 9.17) is 24.3 Å². The van der Waals surface area contributed by atoms with Crippen LogP contribution in [0.3, 0.4) is 0 Å². The third-order valence-electron chi connectivity index (χ3n) is 2.53. The number of nitrogens with zero attached hydrogens (tertiary/aromatic N) is 1. The van der Waals surface area contributed by atoms with E-state index in [0.29, 0.717) is 21.8 Å². The van der Waals surface area contributed by atoms with Crippen LogP contribution in [0.25, 0.3) is 0 Å². The minimum Gasteiger partial charge on any atom is -0.497 e. The molecule has 108 valence electrons. The summed E-state index contributed by atoms with van der Waals surface area (Å²) in [7, 11) is -2.84. The lowest BCUT2D eigenvalue weighted by Crippen LogP contribution is -2.14. The second-order valence-electron chi connectivity index (χ2n) is 4.25. The topological polar surface area (TPSA) is 110 Å². The highest BCUT2D eigenvalue weighted by molar-refractivity contribution is 7.92. The monoisotopic (exact) mass is 295 g/mol. The predicted molar refractivity (Wildman–Crippen MR) is 81.1 cm³/mol. The van der Waals surface area contributed by atoms with Gasteiger partial charge in [0.05, 0.1) is 16.9 Å². The van der Waals surface area contributed by atoms with Crippen LogP contribution in [0.15, 0.2) is 45.1 Å². The van der Waals surface area contributed by atoms with Gasteiger partial charge in [0.15, 0.2) is 0 Å². The van der Waals surface area contributed by atoms with Crippen molar-refractivity contribution in [1.82, 2.24) is 0 Å². The van der Waals surface area contributed by atoms with Gasteiger partial charge < -0.3 is 14.8 Å². The smallest absolute Gasteiger partial charge is 0.483 e. The van der Waals surface area contributed by atoms with Gasteiger partial charge >= 0.3 is 7.12 Å². The van der Waals surface area contributed by atoms with Crippen LogP contribution in [0, 0.1) is 9.56 Å². The van der Waals surface area contributed by atoms with Crippen molar-refractivity contribution in [3.05, 3.63) is 35.8 Å². The first kappa shape index (κ1) is 16.4. The van der Waals surface area contributed by atoms with Crippen LogP contribution < -0.4 is 4.74 Å². The number of benzene rings is 1. The number of hydrogen-bond acceptors (Lipinski definition) is 5. The molecule has 0 spiro atoms. The summed E-state index contributed by atoms with van der Waals surface area (Å²) < 4.78 is 25.2. The molecule has 4 N–H and O–H groups in total. The summed E-state index contributed by atoms with van der Waals surface area (Å²) in [4.78, 5) is 0.480. The highest BCUT2D eigenvalue weighted by atomic mass is 32.2. The van der Waals surface area contributed by atoms with Crippen LogP contribution in [0.4, 0.5) is 0 Å². The van der Waals surface area contributed by atoms with E-state index in [2.05, 4.69) is 4.40 Å². The van der Waals surface area contributed by atoms with Crippen LogP contribution in [-0.4, -0.2) is 30.0 Å². The standard InChI is InChI=1S/C12H18BN3O3S/c1-9(13(17)18)8-10(2)16-20(14,15)12-6-4-11(19-3)5-7-12/h4-8,14-15,17-18H,1-3H3/b9-8+,16-10?. The van der Waals surface area contributed by atoms with Gasteiger partial charge in [-0.25, -0.2) is 9.56 Å². The largest absolute Gasteiger partial charge is 0.497 e. The fraction of sp³-hybridized carbons (Fsp3) is 0.250. The van der Waals surface area contributed by atoms with Crippen molar-refractivity contribution < 1.29 is 14.8 Å². The molecule has 1 aromatic rings. The minimum absolute atomic E-state index is 0.316. The summed E-state index contributed by atoms with van der Waals surface area (Å²) in [5, 5.41) is 17.9. The van der Waals surface area contributed by atoms with Gasteiger partial charge in [-0.1, -0.05) is 0 Å². The molecule has 0 aromatic heterocycles. The number of methoxy groups -OCH3 is 1. The molecule has 0 heterocycles. The quantitative estimate of drug-likeness (QED) is 0.493. The number of nitrogens with one attached hydrogen (secondary N) is 2. The summed E-state index contributed by atoms with van der Waals surface area (Å²) in [5.74, 6) is 0.656. The molecule has 20 heavy (non-hydrogen) atoms. The van der Waals surface area contributed by atoms with E-state index in [1.54, 1.807) is 45.2 Å². The maximum absolute atomic E-state index is 8.97. The Bertz CT molecular complexity index is 622. The molecule has 1 aromatic carbocycles. The maximum atomic E-state index is 8.97. The van der Waals surface area contributed by atoms with E-state index in [1.165, 1.54) is 6.08 Å². The highest BCUT2D eigenvalue weighted by Crippen LogP contribution is 2.19. The van der Waals surface area contributed by atoms with E-state index in [-0.39, 0.29) is 0 Å². The number of hydrogen-bond donors (Lipinski definition) is 4. The van der Waals surface area contributed by atoms with Gasteiger partial charge in [0.1, 0.15) is 5.75 Å². The summed E-state index contributed by atoms with van der Waals surface area (Å²) in [6.07, 6.45) is 1.46. The van der Waals surface area contributed by atoms with Gasteiger partial charge in [-0.15, -0.1) is 0 Å². The molecule has 0 fully saturated rings.